The van der Waals surface area contributed by atoms with E-state index in [1.165, 1.54) is 87.3 Å². The first-order chi connectivity index (χ1) is 53.2. The van der Waals surface area contributed by atoms with Crippen LogP contribution in [0.15, 0.2) is 54.6 Å². The SMILES string of the molecule is CCOC[C@H]1C(=O)NC([C@@H](C)CC)C(=O)N(C)CC(=O)N(C)[C@H]2C/C=C\CCN(C2=O)[C@@H](CC(=O)ON2C(=O)c3ccccc3C2=O)C(=O)N(C)CC(=O)N[C@@H](CCc2ccc(C(F)(F)F)c(OC)c2)C(=O)N2C[C@@H](C)C[C@@H]2C(=O)NC2(CC(C)(C)C2)C(=O)N(C)[C@@H](C2CCCC2)C(=O)N(C)[C@H](C(=O)N(C)CC)CC(=O)N1C. The van der Waals surface area contributed by atoms with E-state index in [1.54, 1.807) is 46.8 Å². The lowest BCUT2D eigenvalue weighted by molar-refractivity contribution is -0.172. The van der Waals surface area contributed by atoms with Crippen molar-refractivity contribution in [1.82, 2.24) is 65.1 Å². The van der Waals surface area contributed by atoms with Crippen LogP contribution in [0.1, 0.15) is 164 Å². The fourth-order valence-corrected chi connectivity index (χ4v) is 16.3. The van der Waals surface area contributed by atoms with Gasteiger partial charge in [0.15, 0.2) is 0 Å². The minimum absolute atomic E-state index is 0.0254. The zero-order chi connectivity index (χ0) is 83.6. The smallest absolute Gasteiger partial charge is 0.419 e. The van der Waals surface area contributed by atoms with Gasteiger partial charge >= 0.3 is 12.1 Å². The van der Waals surface area contributed by atoms with Gasteiger partial charge in [-0.1, -0.05) is 89.3 Å². The number of likely N-dealkylation sites (N-methyl/N-ethyl adjacent to an activating group) is 7. The molecule has 1 unspecified atom stereocenters. The average molecular weight is 1590 g/mol. The molecule has 4 fully saturated rings. The summed E-state index contributed by atoms with van der Waals surface area (Å²) in [6, 6.07) is -3.37. The van der Waals surface area contributed by atoms with Crippen molar-refractivity contribution in [1.29, 1.82) is 0 Å². The molecule has 34 heteroatoms. The Morgan fingerprint density at radius 2 is 1.35 bits per heavy atom. The number of nitrogens with one attached hydrogen (secondary N) is 3. The van der Waals surface area contributed by atoms with Crippen molar-refractivity contribution in [3.8, 4) is 5.75 Å². The summed E-state index contributed by atoms with van der Waals surface area (Å²) < 4.78 is 53.6. The van der Waals surface area contributed by atoms with E-state index in [0.29, 0.717) is 32.1 Å². The lowest BCUT2D eigenvalue weighted by atomic mass is 9.58. The molecule has 2 aromatic carbocycles. The van der Waals surface area contributed by atoms with E-state index in [2.05, 4.69) is 16.0 Å². The van der Waals surface area contributed by atoms with Gasteiger partial charge in [-0.3, -0.25) is 67.1 Å². The van der Waals surface area contributed by atoms with Crippen LogP contribution < -0.4 is 20.7 Å². The summed E-state index contributed by atoms with van der Waals surface area (Å²) in [6.45, 7) is 10.0. The van der Waals surface area contributed by atoms with Gasteiger partial charge in [-0.25, -0.2) is 4.79 Å². The first-order valence-electron chi connectivity index (χ1n) is 38.6. The summed E-state index contributed by atoms with van der Waals surface area (Å²) in [5.41, 5.74) is -3.37. The Balaban J connectivity index is 1.23. The fourth-order valence-electron chi connectivity index (χ4n) is 16.3. The largest absolute Gasteiger partial charge is 0.496 e. The Labute approximate surface area is 657 Å². The van der Waals surface area contributed by atoms with E-state index in [9.17, 15) is 51.5 Å². The van der Waals surface area contributed by atoms with Crippen molar-refractivity contribution < 1.29 is 99.4 Å². The topological polar surface area (TPSA) is 352 Å². The molecule has 6 aliphatic rings. The number of benzene rings is 2. The van der Waals surface area contributed by atoms with E-state index < -0.39 is 216 Å². The molecule has 2 aromatic rings. The maximum atomic E-state index is 15.8. The van der Waals surface area contributed by atoms with E-state index in [4.69, 9.17) is 14.3 Å². The van der Waals surface area contributed by atoms with Crippen LogP contribution in [0, 0.1) is 23.2 Å². The number of carbonyl (C=O) groups is 15. The average Bonchev–Trinajstić information content (AvgIpc) is 0.800. The van der Waals surface area contributed by atoms with Gasteiger partial charge < -0.3 is 74.4 Å². The molecule has 2 saturated carbocycles. The molecule has 4 aliphatic heterocycles. The second-order valence-electron chi connectivity index (χ2n) is 31.7. The summed E-state index contributed by atoms with van der Waals surface area (Å²) >= 11 is 0. The van der Waals surface area contributed by atoms with Gasteiger partial charge in [-0.15, -0.1) is 0 Å². The van der Waals surface area contributed by atoms with Gasteiger partial charge in [0.25, 0.3) is 11.8 Å². The molecule has 2 bridgehead atoms. The van der Waals surface area contributed by atoms with E-state index in [0.717, 1.165) is 55.7 Å². The molecule has 0 radical (unpaired) electrons. The minimum Gasteiger partial charge on any atom is -0.496 e. The number of hydrogen-bond acceptors (Lipinski definition) is 18. The molecule has 3 N–H and O–H groups in total. The van der Waals surface area contributed by atoms with E-state index >= 15 is 33.6 Å². The number of fused-ring (bicyclic) bond motifs is 4. The van der Waals surface area contributed by atoms with Gasteiger partial charge in [-0.2, -0.15) is 13.2 Å². The number of methoxy groups -OCH3 is 1. The number of hydroxylamine groups is 2. The molecule has 1 spiro atoms. The Bertz CT molecular complexity index is 3960. The van der Waals surface area contributed by atoms with Crippen LogP contribution in [0.3, 0.4) is 0 Å². The molecule has 4 heterocycles. The summed E-state index contributed by atoms with van der Waals surface area (Å²) in [5.74, 6) is -15.5. The number of hydrogen-bond donors (Lipinski definition) is 3. The molecule has 0 aromatic heterocycles. The first-order valence-corrected chi connectivity index (χ1v) is 38.6. The van der Waals surface area contributed by atoms with Crippen LogP contribution in [-0.2, 0) is 84.5 Å². The third-order valence-corrected chi connectivity index (χ3v) is 22.9. The fraction of sp³-hybridized carbons (Fsp3) is 0.633. The Hall–Kier alpha value is -10.0. The molecule has 10 atom stereocenters. The number of nitrogens with zero attached hydrogens (tertiary/aromatic N) is 10. The Morgan fingerprint density at radius 3 is 1.95 bits per heavy atom. The van der Waals surface area contributed by atoms with Crippen LogP contribution in [-0.4, -0.2) is 294 Å². The van der Waals surface area contributed by atoms with Gasteiger partial charge in [0.1, 0.15) is 59.6 Å². The lowest BCUT2D eigenvalue weighted by Crippen LogP contribution is -2.71. The standard InChI is InChI=1S/C79H110F3N13O18/c1-16-47(5)64-74(108)88(10)42-62(98)89(11)54-30-20-19-25-35-93(73(54)107)57(39-63(99)113-95-68(102)50-28-23-24-29-51(50)69(95)103)72(106)87(9)41-60(96)83-53(34-32-48-31-33-52(79(80,81)82)59(37-48)111-15)70(104)94-40-46(4)36-55(94)67(101)85-78(44-77(6,7)45-78)76(110)92(14)65(49-26-21-22-27-49)75(109)91(13)56(71(105)86(8)17-2)38-61(97)90(12)58(43-112-18-3)66(100)84-64/h19-20,23-24,28-29,31,33,37,46-47,49,53-58,64-65H,16-18,21-22,25-27,30,32,34-36,38-45H2,1-15H3,(H,83,96)(H,84,100)(H,85,101)/b20-19-/t46-,47-,53-,54-,55+,56-,57-,58-,64?,65-/m0/s1. The summed E-state index contributed by atoms with van der Waals surface area (Å²) in [6.07, 6.45) is -1.34. The highest BCUT2D eigenvalue weighted by Crippen LogP contribution is 2.50. The highest BCUT2D eigenvalue weighted by molar-refractivity contribution is 6.21. The highest BCUT2D eigenvalue weighted by atomic mass is 19.4. The predicted molar refractivity (Wildman–Crippen MR) is 402 cm³/mol. The van der Waals surface area contributed by atoms with Crippen LogP contribution in [0.4, 0.5) is 13.2 Å². The summed E-state index contributed by atoms with van der Waals surface area (Å²) in [7, 11) is 10.3. The zero-order valence-electron chi connectivity index (χ0n) is 67.4. The van der Waals surface area contributed by atoms with Crippen molar-refractivity contribution in [3.63, 3.8) is 0 Å². The summed E-state index contributed by atoms with van der Waals surface area (Å²) in [4.78, 5) is 239. The van der Waals surface area contributed by atoms with Crippen molar-refractivity contribution in [2.45, 2.75) is 198 Å². The quantitative estimate of drug-likeness (QED) is 0.169. The molecule has 8 rings (SSSR count). The zero-order valence-corrected chi connectivity index (χ0v) is 67.4. The Kier molecular flexibility index (Phi) is 29.2. The predicted octanol–water partition coefficient (Wildman–Crippen LogP) is 3.60. The van der Waals surface area contributed by atoms with Gasteiger partial charge in [-0.05, 0) is 125 Å². The van der Waals surface area contributed by atoms with Crippen molar-refractivity contribution in [2.75, 3.05) is 102 Å². The van der Waals surface area contributed by atoms with Crippen molar-refractivity contribution in [2.24, 2.45) is 23.2 Å². The second-order valence-corrected chi connectivity index (χ2v) is 31.7. The summed E-state index contributed by atoms with van der Waals surface area (Å²) in [5, 5.41) is 8.70. The molecular formula is C79H110F3N13O18. The number of ether oxygens (including phenoxy) is 2. The number of amides is 14. The molecule has 620 valence electrons. The van der Waals surface area contributed by atoms with Crippen molar-refractivity contribution in [3.05, 3.63) is 76.9 Å². The lowest BCUT2D eigenvalue weighted by Gasteiger charge is -2.54. The van der Waals surface area contributed by atoms with Gasteiger partial charge in [0, 0.05) is 75.6 Å². The van der Waals surface area contributed by atoms with Crippen LogP contribution >= 0.6 is 0 Å². The first kappa shape index (κ1) is 88.5. The molecule has 113 heavy (non-hydrogen) atoms. The van der Waals surface area contributed by atoms with E-state index in [-0.39, 0.29) is 92.9 Å². The number of imide groups is 1. The molecule has 31 nitrogen and oxygen atoms in total. The minimum atomic E-state index is -4.83. The van der Waals surface area contributed by atoms with Gasteiger partial charge in [0.2, 0.25) is 70.9 Å². The highest BCUT2D eigenvalue weighted by Gasteiger charge is 2.59. The molecule has 14 amide bonds. The Morgan fingerprint density at radius 1 is 0.717 bits per heavy atom. The van der Waals surface area contributed by atoms with Gasteiger partial charge in [0.05, 0.1) is 56.3 Å². The number of rotatable bonds is 15. The van der Waals surface area contributed by atoms with Crippen LogP contribution in [0.25, 0.3) is 0 Å². The molecular weight excluding hydrogens is 1480 g/mol. The number of aryl methyl sites for hydroxylation is 1. The van der Waals surface area contributed by atoms with Crippen molar-refractivity contribution >= 4 is 88.7 Å². The number of alkyl halides is 3. The van der Waals surface area contributed by atoms with Crippen LogP contribution in [0.5, 0.6) is 5.75 Å². The second kappa shape index (κ2) is 37.3. The third kappa shape index (κ3) is 20.1. The maximum Gasteiger partial charge on any atom is 0.419 e. The number of carbonyl (C=O) groups excluding carboxylic acids is 15. The molecule has 2 aliphatic carbocycles. The van der Waals surface area contributed by atoms with E-state index in [1.807, 2.05) is 13.8 Å². The molecule has 2 saturated heterocycles. The van der Waals surface area contributed by atoms with Crippen LogP contribution in [0.2, 0.25) is 0 Å². The third-order valence-electron chi connectivity index (χ3n) is 22.9. The normalized spacial score (nSPS) is 26.2. The number of halogens is 3. The monoisotopic (exact) mass is 1590 g/mol. The maximum absolute atomic E-state index is 15.8.